The second-order valence-corrected chi connectivity index (χ2v) is 7.98. The number of nitrogens with one attached hydrogen (secondary N) is 2. The van der Waals surface area contributed by atoms with Crippen molar-refractivity contribution in [2.75, 3.05) is 19.8 Å². The number of amides is 2. The summed E-state index contributed by atoms with van der Waals surface area (Å²) in [5.74, 6) is 0.0488. The van der Waals surface area contributed by atoms with Gasteiger partial charge in [0.15, 0.2) is 6.61 Å². The van der Waals surface area contributed by atoms with E-state index in [1.807, 2.05) is 25.3 Å². The zero-order valence-corrected chi connectivity index (χ0v) is 18.7. The first-order valence-corrected chi connectivity index (χ1v) is 10.9. The third-order valence-electron chi connectivity index (χ3n) is 5.34. The number of imidazole rings is 1. The van der Waals surface area contributed by atoms with E-state index < -0.39 is 0 Å². The molecule has 0 radical (unpaired) electrons. The van der Waals surface area contributed by atoms with E-state index in [0.717, 1.165) is 30.6 Å². The normalized spacial score (nSPS) is 15.8. The minimum absolute atomic E-state index is 0.0612. The van der Waals surface area contributed by atoms with Gasteiger partial charge in [0.25, 0.3) is 11.8 Å². The molecule has 0 aliphatic carbocycles. The van der Waals surface area contributed by atoms with Gasteiger partial charge in [-0.05, 0) is 68.1 Å². The average molecular weight is 450 g/mol. The number of ether oxygens (including phenoxy) is 2. The van der Waals surface area contributed by atoms with Crippen LogP contribution in [0.25, 0.3) is 5.65 Å². The Bertz CT molecular complexity index is 1160. The van der Waals surface area contributed by atoms with Crippen LogP contribution in [0.15, 0.2) is 47.7 Å². The summed E-state index contributed by atoms with van der Waals surface area (Å²) >= 11 is 0. The lowest BCUT2D eigenvalue weighted by Crippen LogP contribution is -2.35. The molecule has 172 valence electrons. The fraction of sp³-hybridized carbons (Fsp3) is 0.333. The summed E-state index contributed by atoms with van der Waals surface area (Å²) in [6, 6.07) is 10.9. The lowest BCUT2D eigenvalue weighted by molar-refractivity contribution is -0.123. The lowest BCUT2D eigenvalue weighted by Gasteiger charge is -2.11. The predicted octanol–water partition coefficient (Wildman–Crippen LogP) is 2.39. The summed E-state index contributed by atoms with van der Waals surface area (Å²) < 4.78 is 12.8. The number of rotatable bonds is 8. The highest BCUT2D eigenvalue weighted by Gasteiger charge is 2.17. The SMILES string of the molecule is Cc1ccc2nc(C)c(C(=O)N/N=C\c3ccc(OCC(=O)NC[C@@H]4CCCO4)cc3)n2c1. The van der Waals surface area contributed by atoms with Gasteiger partial charge in [-0.2, -0.15) is 5.10 Å². The molecule has 1 fully saturated rings. The van der Waals surface area contributed by atoms with Crippen molar-refractivity contribution in [1.29, 1.82) is 0 Å². The van der Waals surface area contributed by atoms with Gasteiger partial charge in [-0.25, -0.2) is 10.4 Å². The molecule has 0 saturated carbocycles. The maximum atomic E-state index is 12.6. The monoisotopic (exact) mass is 449 g/mol. The summed E-state index contributed by atoms with van der Waals surface area (Å²) in [4.78, 5) is 29.0. The number of benzene rings is 1. The second kappa shape index (κ2) is 10.3. The summed E-state index contributed by atoms with van der Waals surface area (Å²) in [5, 5.41) is 6.87. The molecule has 2 amide bonds. The molecule has 0 unspecified atom stereocenters. The molecule has 3 heterocycles. The summed E-state index contributed by atoms with van der Waals surface area (Å²) in [7, 11) is 0. The van der Waals surface area contributed by atoms with Crippen molar-refractivity contribution in [1.82, 2.24) is 20.1 Å². The molecule has 1 aromatic carbocycles. The van der Waals surface area contributed by atoms with Gasteiger partial charge in [-0.1, -0.05) is 6.07 Å². The Hall–Kier alpha value is -3.72. The van der Waals surface area contributed by atoms with E-state index in [1.54, 1.807) is 41.8 Å². The largest absolute Gasteiger partial charge is 0.484 e. The lowest BCUT2D eigenvalue weighted by atomic mass is 10.2. The van der Waals surface area contributed by atoms with E-state index >= 15 is 0 Å². The fourth-order valence-corrected chi connectivity index (χ4v) is 3.64. The molecule has 0 spiro atoms. The number of carbonyl (C=O) groups is 2. The minimum Gasteiger partial charge on any atom is -0.484 e. The number of pyridine rings is 1. The molecule has 1 aliphatic heterocycles. The quantitative estimate of drug-likeness (QED) is 0.406. The van der Waals surface area contributed by atoms with Crippen LogP contribution in [-0.4, -0.2) is 53.3 Å². The molecule has 3 aromatic rings. The number of hydrogen-bond donors (Lipinski definition) is 2. The molecule has 1 saturated heterocycles. The highest BCUT2D eigenvalue weighted by atomic mass is 16.5. The van der Waals surface area contributed by atoms with Crippen molar-refractivity contribution in [2.45, 2.75) is 32.8 Å². The van der Waals surface area contributed by atoms with E-state index in [-0.39, 0.29) is 24.5 Å². The number of carbonyl (C=O) groups excluding carboxylic acids is 2. The van der Waals surface area contributed by atoms with Crippen LogP contribution in [0.3, 0.4) is 0 Å². The molecule has 9 heteroatoms. The van der Waals surface area contributed by atoms with Gasteiger partial charge >= 0.3 is 0 Å². The van der Waals surface area contributed by atoms with Gasteiger partial charge < -0.3 is 14.8 Å². The highest BCUT2D eigenvalue weighted by molar-refractivity contribution is 5.95. The van der Waals surface area contributed by atoms with Crippen molar-refractivity contribution < 1.29 is 19.1 Å². The average Bonchev–Trinajstić information content (AvgIpc) is 3.44. The zero-order valence-electron chi connectivity index (χ0n) is 18.7. The van der Waals surface area contributed by atoms with Crippen LogP contribution in [0, 0.1) is 13.8 Å². The molecule has 9 nitrogen and oxygen atoms in total. The van der Waals surface area contributed by atoms with Gasteiger partial charge in [0.2, 0.25) is 0 Å². The maximum absolute atomic E-state index is 12.6. The predicted molar refractivity (Wildman–Crippen MR) is 124 cm³/mol. The number of aryl methyl sites for hydroxylation is 2. The first-order chi connectivity index (χ1) is 16.0. The zero-order chi connectivity index (χ0) is 23.2. The Balaban J connectivity index is 1.27. The molecule has 4 rings (SSSR count). The number of nitrogens with zero attached hydrogens (tertiary/aromatic N) is 3. The number of fused-ring (bicyclic) bond motifs is 1. The van der Waals surface area contributed by atoms with Crippen LogP contribution >= 0.6 is 0 Å². The van der Waals surface area contributed by atoms with Crippen LogP contribution in [0.1, 0.15) is 40.2 Å². The molecular weight excluding hydrogens is 422 g/mol. The maximum Gasteiger partial charge on any atom is 0.290 e. The topological polar surface area (TPSA) is 106 Å². The first kappa shape index (κ1) is 22.5. The Kier molecular flexibility index (Phi) is 6.99. The molecule has 0 bridgehead atoms. The van der Waals surface area contributed by atoms with E-state index in [0.29, 0.717) is 29.3 Å². The summed E-state index contributed by atoms with van der Waals surface area (Å²) in [5.41, 5.74) is 6.15. The molecule has 33 heavy (non-hydrogen) atoms. The van der Waals surface area contributed by atoms with Gasteiger partial charge in [-0.3, -0.25) is 14.0 Å². The van der Waals surface area contributed by atoms with E-state index in [1.165, 1.54) is 0 Å². The Labute approximate surface area is 191 Å². The van der Waals surface area contributed by atoms with Crippen LogP contribution < -0.4 is 15.5 Å². The summed E-state index contributed by atoms with van der Waals surface area (Å²) in [6.07, 6.45) is 5.53. The molecule has 2 aromatic heterocycles. The number of hydrogen-bond acceptors (Lipinski definition) is 6. The Morgan fingerprint density at radius 2 is 2.06 bits per heavy atom. The van der Waals surface area contributed by atoms with Gasteiger partial charge in [-0.15, -0.1) is 0 Å². The molecular formula is C24H27N5O4. The van der Waals surface area contributed by atoms with Crippen molar-refractivity contribution in [3.05, 3.63) is 65.1 Å². The van der Waals surface area contributed by atoms with Crippen LogP contribution in [0.5, 0.6) is 5.75 Å². The Morgan fingerprint density at radius 1 is 1.24 bits per heavy atom. The van der Waals surface area contributed by atoms with Crippen LogP contribution in [0.2, 0.25) is 0 Å². The van der Waals surface area contributed by atoms with Gasteiger partial charge in [0, 0.05) is 19.3 Å². The van der Waals surface area contributed by atoms with E-state index in [9.17, 15) is 9.59 Å². The first-order valence-electron chi connectivity index (χ1n) is 10.9. The van der Waals surface area contributed by atoms with Crippen molar-refractivity contribution in [3.63, 3.8) is 0 Å². The van der Waals surface area contributed by atoms with Crippen molar-refractivity contribution >= 4 is 23.7 Å². The molecule has 1 atom stereocenters. The van der Waals surface area contributed by atoms with Crippen LogP contribution in [0.4, 0.5) is 0 Å². The van der Waals surface area contributed by atoms with Gasteiger partial charge in [0.1, 0.15) is 17.1 Å². The molecule has 1 aliphatic rings. The van der Waals surface area contributed by atoms with Crippen LogP contribution in [-0.2, 0) is 9.53 Å². The summed E-state index contributed by atoms with van der Waals surface area (Å²) in [6.45, 7) is 4.96. The number of hydrazone groups is 1. The van der Waals surface area contributed by atoms with E-state index in [2.05, 4.69) is 20.8 Å². The standard InChI is InChI=1S/C24H27N5O4/c1-16-5-10-21-27-17(2)23(29(21)14-16)24(31)28-26-12-18-6-8-19(9-7-18)33-15-22(30)25-13-20-4-3-11-32-20/h5-10,12,14,20H,3-4,11,13,15H2,1-2H3,(H,25,30)(H,28,31)/b26-12-/t20-/m0/s1. The highest BCUT2D eigenvalue weighted by Crippen LogP contribution is 2.14. The van der Waals surface area contributed by atoms with E-state index in [4.69, 9.17) is 9.47 Å². The fourth-order valence-electron chi connectivity index (χ4n) is 3.64. The van der Waals surface area contributed by atoms with Crippen molar-refractivity contribution in [3.8, 4) is 5.75 Å². The second-order valence-electron chi connectivity index (χ2n) is 7.98. The molecule has 2 N–H and O–H groups in total. The number of aromatic nitrogens is 2. The minimum atomic E-state index is -0.337. The van der Waals surface area contributed by atoms with Crippen molar-refractivity contribution in [2.24, 2.45) is 5.10 Å². The third-order valence-corrected chi connectivity index (χ3v) is 5.34. The smallest absolute Gasteiger partial charge is 0.290 e. The van der Waals surface area contributed by atoms with Gasteiger partial charge in [0.05, 0.1) is 18.0 Å². The Morgan fingerprint density at radius 3 is 2.82 bits per heavy atom. The third kappa shape index (κ3) is 5.75.